The van der Waals surface area contributed by atoms with Gasteiger partial charge in [-0.25, -0.2) is 19.2 Å². The molecular formula is C55H70N4O10. The van der Waals surface area contributed by atoms with Crippen LogP contribution in [0, 0.1) is 23.7 Å². The summed E-state index contributed by atoms with van der Waals surface area (Å²) in [6, 6.07) is 24.3. The molecule has 0 amide bonds. The van der Waals surface area contributed by atoms with Gasteiger partial charge in [0.2, 0.25) is 0 Å². The highest BCUT2D eigenvalue weighted by Gasteiger charge is 2.21. The zero-order chi connectivity index (χ0) is 49.4. The van der Waals surface area contributed by atoms with E-state index in [-0.39, 0.29) is 37.6 Å². The number of carbonyl (C=O) groups is 4. The number of ether oxygens (including phenoxy) is 6. The zero-order valence-electron chi connectivity index (χ0n) is 40.1. The predicted molar refractivity (Wildman–Crippen MR) is 271 cm³/mol. The lowest BCUT2D eigenvalue weighted by molar-refractivity contribution is -0.139. The number of anilines is 4. The molecule has 370 valence electrons. The van der Waals surface area contributed by atoms with Crippen LogP contribution in [-0.4, -0.2) is 63.5 Å². The summed E-state index contributed by atoms with van der Waals surface area (Å²) in [5.41, 5.74) is 26.5. The normalized spacial score (nSPS) is 17.8. The minimum Gasteiger partial charge on any atom is -0.493 e. The topological polar surface area (TPSA) is 228 Å². The molecule has 0 atom stereocenters. The lowest BCUT2D eigenvalue weighted by atomic mass is 9.81. The lowest BCUT2D eigenvalue weighted by Gasteiger charge is -2.27. The molecule has 0 radical (unpaired) electrons. The molecule has 0 aromatic heterocycles. The smallest absolute Gasteiger partial charge is 0.338 e. The van der Waals surface area contributed by atoms with Crippen LogP contribution in [0.2, 0.25) is 0 Å². The Labute approximate surface area is 406 Å². The van der Waals surface area contributed by atoms with Gasteiger partial charge in [-0.05, 0) is 133 Å². The summed E-state index contributed by atoms with van der Waals surface area (Å²) in [7, 11) is 0. The molecule has 14 heteroatoms. The first-order valence-corrected chi connectivity index (χ1v) is 24.2. The van der Waals surface area contributed by atoms with E-state index < -0.39 is 23.9 Å². The van der Waals surface area contributed by atoms with Gasteiger partial charge in [0.25, 0.3) is 0 Å². The molecular weight excluding hydrogens is 877 g/mol. The molecule has 0 spiro atoms. The van der Waals surface area contributed by atoms with Crippen LogP contribution in [0.3, 0.4) is 0 Å². The van der Waals surface area contributed by atoms with Crippen molar-refractivity contribution in [3.8, 4) is 11.5 Å². The van der Waals surface area contributed by atoms with Gasteiger partial charge in [0.15, 0.2) is 0 Å². The highest BCUT2D eigenvalue weighted by atomic mass is 16.6. The third-order valence-electron chi connectivity index (χ3n) is 12.4. The predicted octanol–water partition coefficient (Wildman–Crippen LogP) is 10.1. The van der Waals surface area contributed by atoms with Gasteiger partial charge in [0.05, 0.1) is 37.6 Å². The van der Waals surface area contributed by atoms with Gasteiger partial charge in [0.1, 0.15) is 24.7 Å². The standard InChI is InChI=1S/C28H36N2O5.C27H34N2O5/c1-2-20-4-6-22(7-5-20)19-35-26-11-8-21(9-12-26)10-13-27(31)33-14-3-15-34-28(32)23-16-24(29)18-25(30)17-23;1-2-19-3-5-21(6-4-19)18-34-25-10-7-20(8-11-25)9-12-26(30)32-13-14-33-27(31)22-15-23(28)17-24(29)16-22/h8-13,16-18,20,22H,2-7,14-15,19,29-30H2,1H3;7-12,15-17,19,21H,2-6,13-14,18,28-29H2,1H3/b13-10+;12-9+. The van der Waals surface area contributed by atoms with Crippen LogP contribution in [0.5, 0.6) is 11.5 Å². The number of rotatable bonds is 21. The molecule has 6 rings (SSSR count). The number of benzene rings is 4. The number of esters is 4. The van der Waals surface area contributed by atoms with Crippen molar-refractivity contribution in [3.05, 3.63) is 119 Å². The van der Waals surface area contributed by atoms with E-state index in [4.69, 9.17) is 51.4 Å². The van der Waals surface area contributed by atoms with Gasteiger partial charge in [-0.1, -0.05) is 76.6 Å². The summed E-state index contributed by atoms with van der Waals surface area (Å²) in [4.78, 5) is 47.8. The van der Waals surface area contributed by atoms with Crippen LogP contribution < -0.4 is 32.4 Å². The first kappa shape index (κ1) is 53.0. The van der Waals surface area contributed by atoms with Crippen molar-refractivity contribution in [2.45, 2.75) is 84.5 Å². The Hall–Kier alpha value is -6.96. The molecule has 4 aromatic carbocycles. The van der Waals surface area contributed by atoms with Gasteiger partial charge >= 0.3 is 23.9 Å². The van der Waals surface area contributed by atoms with Crippen LogP contribution in [0.4, 0.5) is 22.7 Å². The molecule has 0 bridgehead atoms. The van der Waals surface area contributed by atoms with Crippen LogP contribution in [-0.2, 0) is 28.5 Å². The number of nitrogen functional groups attached to an aromatic ring is 4. The molecule has 4 aromatic rings. The zero-order valence-corrected chi connectivity index (χ0v) is 40.1. The Morgan fingerprint density at radius 1 is 0.464 bits per heavy atom. The number of hydrogen-bond acceptors (Lipinski definition) is 14. The molecule has 2 saturated carbocycles. The Morgan fingerprint density at radius 3 is 1.19 bits per heavy atom. The number of hydrogen-bond donors (Lipinski definition) is 4. The maximum atomic E-state index is 12.0. The molecule has 14 nitrogen and oxygen atoms in total. The van der Waals surface area contributed by atoms with Gasteiger partial charge in [-0.15, -0.1) is 0 Å². The van der Waals surface area contributed by atoms with Gasteiger partial charge < -0.3 is 51.4 Å². The van der Waals surface area contributed by atoms with Gasteiger partial charge in [0, 0.05) is 41.3 Å². The second-order valence-electron chi connectivity index (χ2n) is 17.8. The average molecular weight is 947 g/mol. The van der Waals surface area contributed by atoms with E-state index in [9.17, 15) is 19.2 Å². The number of carbonyl (C=O) groups excluding carboxylic acids is 4. The Balaban J connectivity index is 0.000000258. The van der Waals surface area contributed by atoms with Crippen LogP contribution in [0.15, 0.2) is 97.1 Å². The number of nitrogens with two attached hydrogens (primary N) is 4. The van der Waals surface area contributed by atoms with E-state index in [0.29, 0.717) is 41.0 Å². The van der Waals surface area contributed by atoms with Crippen molar-refractivity contribution in [3.63, 3.8) is 0 Å². The molecule has 8 N–H and O–H groups in total. The molecule has 2 aliphatic carbocycles. The summed E-state index contributed by atoms with van der Waals surface area (Å²) in [6.07, 6.45) is 19.3. The molecule has 0 unspecified atom stereocenters. The first-order valence-electron chi connectivity index (χ1n) is 24.2. The summed E-state index contributed by atoms with van der Waals surface area (Å²) in [6.45, 7) is 6.20. The maximum Gasteiger partial charge on any atom is 0.338 e. The molecule has 2 fully saturated rings. The fourth-order valence-corrected chi connectivity index (χ4v) is 8.24. The first-order chi connectivity index (χ1) is 33.3. The van der Waals surface area contributed by atoms with E-state index in [1.807, 2.05) is 48.5 Å². The van der Waals surface area contributed by atoms with Crippen LogP contribution in [0.1, 0.15) is 116 Å². The minimum atomic E-state index is -0.582. The fraction of sp³-hybridized carbons (Fsp3) is 0.418. The molecule has 2 aliphatic rings. The van der Waals surface area contributed by atoms with Crippen LogP contribution >= 0.6 is 0 Å². The molecule has 0 aliphatic heterocycles. The minimum absolute atomic E-state index is 0.0559. The molecule has 0 saturated heterocycles. The van der Waals surface area contributed by atoms with E-state index in [1.54, 1.807) is 24.3 Å². The van der Waals surface area contributed by atoms with Gasteiger partial charge in [-0.3, -0.25) is 0 Å². The Morgan fingerprint density at radius 2 is 0.797 bits per heavy atom. The monoisotopic (exact) mass is 947 g/mol. The maximum absolute atomic E-state index is 12.0. The van der Waals surface area contributed by atoms with E-state index >= 15 is 0 Å². The highest BCUT2D eigenvalue weighted by molar-refractivity contribution is 5.92. The second kappa shape index (κ2) is 28.4. The fourth-order valence-electron chi connectivity index (χ4n) is 8.24. The Kier molecular flexibility index (Phi) is 21.8. The van der Waals surface area contributed by atoms with Crippen molar-refractivity contribution >= 4 is 58.8 Å². The third-order valence-corrected chi connectivity index (χ3v) is 12.4. The quantitative estimate of drug-likeness (QED) is 0.0200. The third kappa shape index (κ3) is 19.7. The molecule has 69 heavy (non-hydrogen) atoms. The van der Waals surface area contributed by atoms with Crippen molar-refractivity contribution in [2.75, 3.05) is 62.6 Å². The Bertz CT molecular complexity index is 2260. The SMILES string of the molecule is CCC1CCC(COc2ccc(/C=C/C(=O)OCCCOC(=O)c3cc(N)cc(N)c3)cc2)CC1.CCC1CCC(COc2ccc(/C=C/C(=O)OCCOC(=O)c3cc(N)cc(N)c3)cc2)CC1. The van der Waals surface area contributed by atoms with Crippen molar-refractivity contribution in [2.24, 2.45) is 23.7 Å². The van der Waals surface area contributed by atoms with Crippen LogP contribution in [0.25, 0.3) is 12.2 Å². The van der Waals surface area contributed by atoms with E-state index in [2.05, 4.69) is 13.8 Å². The summed E-state index contributed by atoms with van der Waals surface area (Å²) in [5.74, 6) is 2.66. The summed E-state index contributed by atoms with van der Waals surface area (Å²) < 4.78 is 32.4. The second-order valence-corrected chi connectivity index (χ2v) is 17.8. The van der Waals surface area contributed by atoms with Crippen molar-refractivity contribution in [1.29, 1.82) is 0 Å². The largest absolute Gasteiger partial charge is 0.493 e. The summed E-state index contributed by atoms with van der Waals surface area (Å²) >= 11 is 0. The van der Waals surface area contributed by atoms with Crippen molar-refractivity contribution in [1.82, 2.24) is 0 Å². The van der Waals surface area contributed by atoms with Crippen molar-refractivity contribution < 1.29 is 47.6 Å². The lowest BCUT2D eigenvalue weighted by Crippen LogP contribution is -2.19. The molecule has 0 heterocycles. The van der Waals surface area contributed by atoms with Gasteiger partial charge in [-0.2, -0.15) is 0 Å². The van der Waals surface area contributed by atoms with E-state index in [1.165, 1.54) is 101 Å². The summed E-state index contributed by atoms with van der Waals surface area (Å²) in [5, 5.41) is 0. The van der Waals surface area contributed by atoms with E-state index in [0.717, 1.165) is 47.7 Å². The highest BCUT2D eigenvalue weighted by Crippen LogP contribution is 2.32. The average Bonchev–Trinajstić information content (AvgIpc) is 3.35.